The lowest BCUT2D eigenvalue weighted by atomic mass is 10.0. The zero-order valence-electron chi connectivity index (χ0n) is 17.9. The number of hydrogen-bond acceptors (Lipinski definition) is 9. The second-order valence-electron chi connectivity index (χ2n) is 7.95. The molecule has 1 atom stereocenters. The highest BCUT2D eigenvalue weighted by Gasteiger charge is 2.39. The van der Waals surface area contributed by atoms with Crippen molar-refractivity contribution in [3.8, 4) is 22.5 Å². The van der Waals surface area contributed by atoms with Gasteiger partial charge in [-0.3, -0.25) is 9.13 Å². The first-order valence-corrected chi connectivity index (χ1v) is 11.7. The average molecular weight is 450 g/mol. The van der Waals surface area contributed by atoms with Gasteiger partial charge in [-0.05, 0) is 26.2 Å². The molecule has 0 amide bonds. The number of anilines is 1. The first-order valence-electron chi connectivity index (χ1n) is 10.8. The summed E-state index contributed by atoms with van der Waals surface area (Å²) in [5.41, 5.74) is 0.915. The summed E-state index contributed by atoms with van der Waals surface area (Å²) in [6, 6.07) is 0.415. The van der Waals surface area contributed by atoms with Crippen LogP contribution in [-0.4, -0.2) is 58.5 Å². The molecule has 11 heteroatoms. The van der Waals surface area contributed by atoms with E-state index in [-0.39, 0.29) is 6.04 Å². The molecular weight excluding hydrogens is 426 g/mol. The van der Waals surface area contributed by atoms with Gasteiger partial charge >= 0.3 is 0 Å². The Morgan fingerprint density at radius 1 is 1.12 bits per heavy atom. The van der Waals surface area contributed by atoms with Crippen molar-refractivity contribution in [3.05, 3.63) is 41.8 Å². The highest BCUT2D eigenvalue weighted by atomic mass is 32.1. The summed E-state index contributed by atoms with van der Waals surface area (Å²) in [5.74, 6) is 4.01. The van der Waals surface area contributed by atoms with Crippen molar-refractivity contribution >= 4 is 17.2 Å². The quantitative estimate of drug-likeness (QED) is 0.469. The normalized spacial score (nSPS) is 18.6. The van der Waals surface area contributed by atoms with Crippen LogP contribution in [0.15, 0.2) is 30.2 Å². The fourth-order valence-corrected chi connectivity index (χ4v) is 5.34. The van der Waals surface area contributed by atoms with Crippen LogP contribution >= 0.6 is 11.3 Å². The van der Waals surface area contributed by atoms with Gasteiger partial charge in [0, 0.05) is 43.2 Å². The van der Waals surface area contributed by atoms with Crippen molar-refractivity contribution in [1.82, 2.24) is 39.3 Å². The standard InChI is InChI=1S/C21H23N9OS/c1-3-15-18-27-26-13(2)29(18)16-12-24-21(25-17(16)30(15)14-4-9-31-10-5-14)28-8-6-22-19(28)20-23-7-11-32-20/h6-8,11-12,14-15H,3-5,9-10H2,1-2H3. The summed E-state index contributed by atoms with van der Waals surface area (Å²) in [6.07, 6.45) is 10.1. The van der Waals surface area contributed by atoms with E-state index in [0.717, 1.165) is 66.5 Å². The predicted octanol–water partition coefficient (Wildman–Crippen LogP) is 3.13. The number of imidazole rings is 1. The van der Waals surface area contributed by atoms with Crippen LogP contribution in [0.3, 0.4) is 0 Å². The number of rotatable bonds is 4. The van der Waals surface area contributed by atoms with Gasteiger partial charge in [-0.25, -0.2) is 15.0 Å². The van der Waals surface area contributed by atoms with Crippen LogP contribution < -0.4 is 4.90 Å². The molecule has 0 aromatic carbocycles. The number of nitrogens with zero attached hydrogens (tertiary/aromatic N) is 9. The van der Waals surface area contributed by atoms with Crippen LogP contribution in [0.2, 0.25) is 0 Å². The summed E-state index contributed by atoms with van der Waals surface area (Å²) in [7, 11) is 0. The van der Waals surface area contributed by atoms with E-state index in [2.05, 4.69) is 36.6 Å². The van der Waals surface area contributed by atoms with Crippen molar-refractivity contribution in [2.75, 3.05) is 18.1 Å². The van der Waals surface area contributed by atoms with E-state index in [1.54, 1.807) is 23.7 Å². The minimum Gasteiger partial charge on any atom is -0.381 e. The Balaban J connectivity index is 1.53. The zero-order chi connectivity index (χ0) is 21.7. The van der Waals surface area contributed by atoms with Gasteiger partial charge in [-0.2, -0.15) is 4.98 Å². The van der Waals surface area contributed by atoms with Gasteiger partial charge in [0.05, 0.1) is 12.2 Å². The maximum absolute atomic E-state index is 5.65. The zero-order valence-corrected chi connectivity index (χ0v) is 18.7. The molecule has 6 rings (SSSR count). The van der Waals surface area contributed by atoms with Gasteiger partial charge < -0.3 is 9.64 Å². The molecule has 1 unspecified atom stereocenters. The Morgan fingerprint density at radius 3 is 2.78 bits per heavy atom. The van der Waals surface area contributed by atoms with Crippen LogP contribution in [-0.2, 0) is 4.74 Å². The minimum atomic E-state index is 0.0933. The van der Waals surface area contributed by atoms with E-state index in [1.165, 1.54) is 0 Å². The number of hydrogen-bond donors (Lipinski definition) is 0. The molecule has 0 aliphatic carbocycles. The molecule has 0 N–H and O–H groups in total. The summed E-state index contributed by atoms with van der Waals surface area (Å²) >= 11 is 1.54. The number of thiazole rings is 1. The molecule has 0 saturated carbocycles. The molecule has 0 spiro atoms. The second-order valence-corrected chi connectivity index (χ2v) is 8.85. The van der Waals surface area contributed by atoms with E-state index in [0.29, 0.717) is 12.0 Å². The first-order chi connectivity index (χ1) is 15.8. The maximum atomic E-state index is 5.65. The van der Waals surface area contributed by atoms with Crippen molar-refractivity contribution in [2.45, 2.75) is 45.2 Å². The third-order valence-corrected chi connectivity index (χ3v) is 6.93. The Kier molecular flexibility index (Phi) is 4.72. The highest BCUT2D eigenvalue weighted by molar-refractivity contribution is 7.13. The van der Waals surface area contributed by atoms with Gasteiger partial charge in [-0.15, -0.1) is 21.5 Å². The van der Waals surface area contributed by atoms with Crippen LogP contribution in [0.5, 0.6) is 0 Å². The Morgan fingerprint density at radius 2 is 2.00 bits per heavy atom. The molecule has 0 bridgehead atoms. The number of fused-ring (bicyclic) bond motifs is 3. The van der Waals surface area contributed by atoms with E-state index < -0.39 is 0 Å². The summed E-state index contributed by atoms with van der Waals surface area (Å²) in [4.78, 5) is 21.2. The van der Waals surface area contributed by atoms with Crippen LogP contribution in [0.25, 0.3) is 22.5 Å². The molecule has 1 saturated heterocycles. The Labute approximate surface area is 189 Å². The molecule has 0 radical (unpaired) electrons. The highest BCUT2D eigenvalue weighted by Crippen LogP contribution is 2.42. The largest absolute Gasteiger partial charge is 0.381 e. The molecule has 2 aliphatic rings. The molecule has 2 aliphatic heterocycles. The van der Waals surface area contributed by atoms with E-state index in [4.69, 9.17) is 14.7 Å². The topological polar surface area (TPSA) is 99.7 Å². The lowest BCUT2D eigenvalue weighted by Crippen LogP contribution is -2.45. The second kappa shape index (κ2) is 7.75. The molecule has 4 aromatic heterocycles. The number of ether oxygens (including phenoxy) is 1. The molecule has 10 nitrogen and oxygen atoms in total. The van der Waals surface area contributed by atoms with Crippen molar-refractivity contribution in [1.29, 1.82) is 0 Å². The first kappa shape index (κ1) is 19.5. The Hall–Kier alpha value is -3.18. The number of aryl methyl sites for hydroxylation is 1. The van der Waals surface area contributed by atoms with E-state index in [9.17, 15) is 0 Å². The van der Waals surface area contributed by atoms with Gasteiger partial charge in [0.2, 0.25) is 5.95 Å². The van der Waals surface area contributed by atoms with Crippen molar-refractivity contribution < 1.29 is 4.74 Å². The number of aromatic nitrogens is 8. The van der Waals surface area contributed by atoms with Crippen molar-refractivity contribution in [2.24, 2.45) is 0 Å². The lowest BCUT2D eigenvalue weighted by molar-refractivity contribution is 0.0817. The lowest BCUT2D eigenvalue weighted by Gasteiger charge is -2.43. The molecule has 1 fully saturated rings. The fraction of sp³-hybridized carbons (Fsp3) is 0.429. The molecule has 6 heterocycles. The van der Waals surface area contributed by atoms with Crippen LogP contribution in [0.4, 0.5) is 5.82 Å². The van der Waals surface area contributed by atoms with Gasteiger partial charge in [0.1, 0.15) is 11.5 Å². The summed E-state index contributed by atoms with van der Waals surface area (Å²) in [5, 5.41) is 11.7. The smallest absolute Gasteiger partial charge is 0.237 e. The van der Waals surface area contributed by atoms with Gasteiger partial charge in [0.15, 0.2) is 22.5 Å². The van der Waals surface area contributed by atoms with E-state index >= 15 is 0 Å². The average Bonchev–Trinajstić information content (AvgIpc) is 3.59. The van der Waals surface area contributed by atoms with Gasteiger partial charge in [-0.1, -0.05) is 6.92 Å². The van der Waals surface area contributed by atoms with Crippen molar-refractivity contribution in [3.63, 3.8) is 0 Å². The predicted molar refractivity (Wildman–Crippen MR) is 119 cm³/mol. The molecular formula is C21H23N9OS. The third-order valence-electron chi connectivity index (χ3n) is 6.16. The molecule has 4 aromatic rings. The Bertz CT molecular complexity index is 1240. The fourth-order valence-electron chi connectivity index (χ4n) is 4.71. The van der Waals surface area contributed by atoms with Crippen LogP contribution in [0.1, 0.15) is 43.9 Å². The maximum Gasteiger partial charge on any atom is 0.237 e. The molecule has 164 valence electrons. The molecule has 32 heavy (non-hydrogen) atoms. The summed E-state index contributed by atoms with van der Waals surface area (Å²) in [6.45, 7) is 5.68. The SMILES string of the molecule is CCC1c2nnc(C)n2-c2cnc(-n3ccnc3-c3nccs3)nc2N1C1CCOCC1. The van der Waals surface area contributed by atoms with Gasteiger partial charge in [0.25, 0.3) is 0 Å². The van der Waals surface area contributed by atoms with Crippen LogP contribution in [0, 0.1) is 6.92 Å². The monoisotopic (exact) mass is 449 g/mol. The summed E-state index contributed by atoms with van der Waals surface area (Å²) < 4.78 is 9.65. The minimum absolute atomic E-state index is 0.0933. The van der Waals surface area contributed by atoms with E-state index in [1.807, 2.05) is 29.3 Å². The third kappa shape index (κ3) is 2.95.